The van der Waals surface area contributed by atoms with Crippen LogP contribution in [-0.2, 0) is 10.0 Å². The zero-order chi connectivity index (χ0) is 11.1. The van der Waals surface area contributed by atoms with Crippen molar-refractivity contribution in [2.75, 3.05) is 25.4 Å². The van der Waals surface area contributed by atoms with Crippen LogP contribution in [0.1, 0.15) is 20.3 Å². The van der Waals surface area contributed by atoms with Crippen LogP contribution in [-0.4, -0.2) is 44.2 Å². The van der Waals surface area contributed by atoms with E-state index in [0.717, 1.165) is 19.5 Å². The van der Waals surface area contributed by atoms with E-state index in [4.69, 9.17) is 0 Å². The first-order valence-corrected chi connectivity index (χ1v) is 7.30. The molecule has 0 radical (unpaired) electrons. The summed E-state index contributed by atoms with van der Waals surface area (Å²) < 4.78 is 25.5. The highest BCUT2D eigenvalue weighted by Crippen LogP contribution is 2.26. The minimum atomic E-state index is -2.97. The van der Waals surface area contributed by atoms with Crippen molar-refractivity contribution in [3.63, 3.8) is 0 Å². The van der Waals surface area contributed by atoms with Crippen molar-refractivity contribution in [3.8, 4) is 0 Å². The predicted molar refractivity (Wildman–Crippen MR) is 60.1 cm³/mol. The van der Waals surface area contributed by atoms with Gasteiger partial charge < -0.3 is 5.32 Å². The summed E-state index contributed by atoms with van der Waals surface area (Å²) in [5, 5.41) is 3.31. The summed E-state index contributed by atoms with van der Waals surface area (Å²) in [5.74, 6) is 1.19. The molecule has 0 saturated carbocycles. The number of sulfonamides is 1. The second-order valence-electron chi connectivity index (χ2n) is 5.11. The average molecular weight is 232 g/mol. The van der Waals surface area contributed by atoms with E-state index in [-0.39, 0.29) is 12.0 Å². The van der Waals surface area contributed by atoms with E-state index in [0.29, 0.717) is 18.2 Å². The van der Waals surface area contributed by atoms with Crippen LogP contribution in [0.3, 0.4) is 0 Å². The molecular formula is C10H20N2O2S. The summed E-state index contributed by atoms with van der Waals surface area (Å²) in [6, 6.07) is 0.184. The maximum absolute atomic E-state index is 11.9. The molecule has 2 aliphatic rings. The summed E-state index contributed by atoms with van der Waals surface area (Å²) in [5.41, 5.74) is 0. The molecule has 0 aromatic rings. The van der Waals surface area contributed by atoms with Crippen molar-refractivity contribution in [2.24, 2.45) is 11.8 Å². The lowest BCUT2D eigenvalue weighted by atomic mass is 9.97. The Morgan fingerprint density at radius 1 is 1.20 bits per heavy atom. The molecule has 15 heavy (non-hydrogen) atoms. The molecule has 2 rings (SSSR count). The Bertz CT molecular complexity index is 328. The van der Waals surface area contributed by atoms with Crippen LogP contribution < -0.4 is 5.32 Å². The average Bonchev–Trinajstić information content (AvgIpc) is 2.39. The summed E-state index contributed by atoms with van der Waals surface area (Å²) in [6.07, 6.45) is 0.999. The molecule has 2 saturated heterocycles. The molecule has 0 spiro atoms. The minimum Gasteiger partial charge on any atom is -0.315 e. The van der Waals surface area contributed by atoms with Crippen LogP contribution in [0.5, 0.6) is 0 Å². The quantitative estimate of drug-likeness (QED) is 0.706. The highest BCUT2D eigenvalue weighted by molar-refractivity contribution is 7.89. The molecule has 0 aromatic carbocycles. The second kappa shape index (κ2) is 4.03. The maximum atomic E-state index is 11.9. The summed E-state index contributed by atoms with van der Waals surface area (Å²) in [4.78, 5) is 0. The Kier molecular flexibility index (Phi) is 3.05. The number of rotatable bonds is 1. The minimum absolute atomic E-state index is 0.184. The smallest absolute Gasteiger partial charge is 0.214 e. The molecule has 2 fully saturated rings. The van der Waals surface area contributed by atoms with Crippen LogP contribution in [0, 0.1) is 11.8 Å². The lowest BCUT2D eigenvalue weighted by Gasteiger charge is -2.33. The van der Waals surface area contributed by atoms with Gasteiger partial charge in [-0.1, -0.05) is 13.8 Å². The third kappa shape index (κ3) is 2.34. The van der Waals surface area contributed by atoms with E-state index in [1.807, 2.05) is 6.92 Å². The predicted octanol–water partition coefficient (Wildman–Crippen LogP) is 0.266. The molecule has 88 valence electrons. The normalized spacial score (nSPS) is 41.9. The fourth-order valence-electron chi connectivity index (χ4n) is 2.65. The molecule has 3 atom stereocenters. The van der Waals surface area contributed by atoms with Crippen LogP contribution in [0.4, 0.5) is 0 Å². The Morgan fingerprint density at radius 2 is 1.93 bits per heavy atom. The lowest BCUT2D eigenvalue weighted by molar-refractivity contribution is 0.231. The molecule has 3 unspecified atom stereocenters. The van der Waals surface area contributed by atoms with Crippen molar-refractivity contribution in [1.29, 1.82) is 0 Å². The van der Waals surface area contributed by atoms with Gasteiger partial charge in [-0.25, -0.2) is 8.42 Å². The summed E-state index contributed by atoms with van der Waals surface area (Å²) in [7, 11) is -2.97. The molecule has 4 nitrogen and oxygen atoms in total. The zero-order valence-corrected chi connectivity index (χ0v) is 10.3. The van der Waals surface area contributed by atoms with E-state index >= 15 is 0 Å². The molecule has 5 heteroatoms. The van der Waals surface area contributed by atoms with Crippen molar-refractivity contribution in [1.82, 2.24) is 9.62 Å². The van der Waals surface area contributed by atoms with Gasteiger partial charge in [0.25, 0.3) is 0 Å². The topological polar surface area (TPSA) is 49.4 Å². The molecule has 0 bridgehead atoms. The highest BCUT2D eigenvalue weighted by atomic mass is 32.2. The van der Waals surface area contributed by atoms with Gasteiger partial charge in [-0.15, -0.1) is 0 Å². The van der Waals surface area contributed by atoms with Gasteiger partial charge in [0.1, 0.15) is 0 Å². The standard InChI is InChI=1S/C10H20N2O2S/c1-8-3-10(5-11-4-8)12-6-9(2)7-15(12,13)14/h8-11H,3-7H2,1-2H3. The molecule has 2 aliphatic heterocycles. The van der Waals surface area contributed by atoms with Gasteiger partial charge in [-0.3, -0.25) is 0 Å². The van der Waals surface area contributed by atoms with Crippen molar-refractivity contribution >= 4 is 10.0 Å². The fourth-order valence-corrected chi connectivity index (χ4v) is 4.76. The van der Waals surface area contributed by atoms with Crippen molar-refractivity contribution in [3.05, 3.63) is 0 Å². The second-order valence-corrected chi connectivity index (χ2v) is 7.07. The molecule has 0 aliphatic carbocycles. The summed E-state index contributed by atoms with van der Waals surface area (Å²) in [6.45, 7) is 6.72. The van der Waals surface area contributed by atoms with Crippen LogP contribution in [0.2, 0.25) is 0 Å². The largest absolute Gasteiger partial charge is 0.315 e. The van der Waals surface area contributed by atoms with E-state index in [9.17, 15) is 8.42 Å². The highest BCUT2D eigenvalue weighted by Gasteiger charge is 2.39. The summed E-state index contributed by atoms with van der Waals surface area (Å²) >= 11 is 0. The van der Waals surface area contributed by atoms with Gasteiger partial charge in [0, 0.05) is 19.1 Å². The van der Waals surface area contributed by atoms with Crippen LogP contribution in [0.15, 0.2) is 0 Å². The number of hydrogen-bond donors (Lipinski definition) is 1. The molecule has 0 aromatic heterocycles. The molecule has 2 heterocycles. The van der Waals surface area contributed by atoms with Gasteiger partial charge in [0.2, 0.25) is 10.0 Å². The van der Waals surface area contributed by atoms with Gasteiger partial charge in [0.05, 0.1) is 5.75 Å². The first-order valence-electron chi connectivity index (χ1n) is 5.69. The van der Waals surface area contributed by atoms with Crippen molar-refractivity contribution in [2.45, 2.75) is 26.3 Å². The van der Waals surface area contributed by atoms with Crippen molar-refractivity contribution < 1.29 is 8.42 Å². The van der Waals surface area contributed by atoms with Crippen LogP contribution in [0.25, 0.3) is 0 Å². The Morgan fingerprint density at radius 3 is 2.47 bits per heavy atom. The van der Waals surface area contributed by atoms with E-state index in [1.165, 1.54) is 0 Å². The first kappa shape index (κ1) is 11.4. The first-order chi connectivity index (χ1) is 6.99. The van der Waals surface area contributed by atoms with E-state index < -0.39 is 10.0 Å². The Labute approximate surface area is 92.1 Å². The molecular weight excluding hydrogens is 212 g/mol. The lowest BCUT2D eigenvalue weighted by Crippen LogP contribution is -2.49. The monoisotopic (exact) mass is 232 g/mol. The molecule has 1 N–H and O–H groups in total. The zero-order valence-electron chi connectivity index (χ0n) is 9.44. The SMILES string of the molecule is CC1CNCC(N2CC(C)CS2(=O)=O)C1. The Balaban J connectivity index is 2.10. The van der Waals surface area contributed by atoms with Gasteiger partial charge in [0.15, 0.2) is 0 Å². The van der Waals surface area contributed by atoms with Gasteiger partial charge >= 0.3 is 0 Å². The van der Waals surface area contributed by atoms with E-state index in [1.54, 1.807) is 4.31 Å². The number of nitrogens with one attached hydrogen (secondary N) is 1. The third-order valence-corrected chi connectivity index (χ3v) is 5.45. The van der Waals surface area contributed by atoms with Gasteiger partial charge in [-0.2, -0.15) is 4.31 Å². The number of nitrogens with zero attached hydrogens (tertiary/aromatic N) is 1. The molecule has 0 amide bonds. The van der Waals surface area contributed by atoms with Crippen LogP contribution >= 0.6 is 0 Å². The third-order valence-electron chi connectivity index (χ3n) is 3.30. The maximum Gasteiger partial charge on any atom is 0.214 e. The van der Waals surface area contributed by atoms with E-state index in [2.05, 4.69) is 12.2 Å². The fraction of sp³-hybridized carbons (Fsp3) is 1.00. The number of hydrogen-bond acceptors (Lipinski definition) is 3. The number of piperidine rings is 1. The Hall–Kier alpha value is -0.130. The van der Waals surface area contributed by atoms with Gasteiger partial charge in [-0.05, 0) is 24.8 Å².